The zero-order valence-electron chi connectivity index (χ0n) is 8.97. The maximum absolute atomic E-state index is 2.59. The van der Waals surface area contributed by atoms with Crippen molar-refractivity contribution in [1.29, 1.82) is 0 Å². The van der Waals surface area contributed by atoms with Crippen LogP contribution in [0.15, 0.2) is 42.5 Å². The molecule has 1 aromatic carbocycles. The number of nitrogens with zero attached hydrogens (tertiary/aromatic N) is 1. The van der Waals surface area contributed by atoms with Crippen LogP contribution < -0.4 is 4.90 Å². The Bertz CT molecular complexity index is 339. The molecular weight excluding hydrogens is 182 g/mol. The van der Waals surface area contributed by atoms with Crippen LogP contribution in [0.1, 0.15) is 25.7 Å². The van der Waals surface area contributed by atoms with Crippen molar-refractivity contribution in [2.45, 2.75) is 37.8 Å². The average molecular weight is 199 g/mol. The molecule has 0 radical (unpaired) electrons. The number of para-hydroxylation sites is 1. The van der Waals surface area contributed by atoms with E-state index in [1.807, 2.05) is 0 Å². The number of allylic oxidation sites excluding steroid dienone is 2. The largest absolute Gasteiger partial charge is 0.361 e. The highest BCUT2D eigenvalue weighted by molar-refractivity contribution is 5.56. The summed E-state index contributed by atoms with van der Waals surface area (Å²) in [6.45, 7) is 0. The Labute approximate surface area is 91.4 Å². The lowest BCUT2D eigenvalue weighted by Crippen LogP contribution is -1.98. The van der Waals surface area contributed by atoms with Crippen molar-refractivity contribution in [3.63, 3.8) is 0 Å². The minimum Gasteiger partial charge on any atom is -0.361 e. The molecule has 1 aromatic rings. The number of hydrogen-bond donors (Lipinski definition) is 0. The van der Waals surface area contributed by atoms with Crippen LogP contribution in [0, 0.1) is 0 Å². The van der Waals surface area contributed by atoms with Gasteiger partial charge in [-0.15, -0.1) is 0 Å². The van der Waals surface area contributed by atoms with Crippen molar-refractivity contribution in [2.75, 3.05) is 4.90 Å². The molecular formula is C14H17N. The number of fused-ring (bicyclic) bond motifs is 1. The Morgan fingerprint density at radius 2 is 1.47 bits per heavy atom. The molecule has 3 rings (SSSR count). The highest BCUT2D eigenvalue weighted by atomic mass is 15.4. The summed E-state index contributed by atoms with van der Waals surface area (Å²) in [7, 11) is 0. The molecule has 2 atom stereocenters. The molecule has 1 fully saturated rings. The third-order valence-electron chi connectivity index (χ3n) is 3.55. The second-order valence-corrected chi connectivity index (χ2v) is 4.50. The minimum atomic E-state index is 0.817. The van der Waals surface area contributed by atoms with Crippen molar-refractivity contribution in [1.82, 2.24) is 0 Å². The molecule has 15 heavy (non-hydrogen) atoms. The molecule has 0 N–H and O–H groups in total. The monoisotopic (exact) mass is 199 g/mol. The maximum atomic E-state index is 2.59. The lowest BCUT2D eigenvalue weighted by atomic mass is 10.1. The first-order chi connectivity index (χ1) is 7.47. The van der Waals surface area contributed by atoms with Gasteiger partial charge < -0.3 is 4.90 Å². The summed E-state index contributed by atoms with van der Waals surface area (Å²) < 4.78 is 0. The zero-order valence-corrected chi connectivity index (χ0v) is 8.97. The summed E-state index contributed by atoms with van der Waals surface area (Å²) in [5.74, 6) is 0. The number of benzene rings is 1. The summed E-state index contributed by atoms with van der Waals surface area (Å²) >= 11 is 0. The molecule has 1 heteroatoms. The molecule has 0 aromatic heterocycles. The van der Waals surface area contributed by atoms with Crippen LogP contribution in [-0.4, -0.2) is 12.1 Å². The van der Waals surface area contributed by atoms with E-state index in [1.54, 1.807) is 0 Å². The normalized spacial score (nSPS) is 31.3. The molecule has 1 aliphatic heterocycles. The van der Waals surface area contributed by atoms with Crippen molar-refractivity contribution in [3.8, 4) is 0 Å². The van der Waals surface area contributed by atoms with Crippen LogP contribution in [-0.2, 0) is 0 Å². The number of rotatable bonds is 1. The summed E-state index contributed by atoms with van der Waals surface area (Å²) in [6.07, 6.45) is 9.86. The summed E-state index contributed by atoms with van der Waals surface area (Å²) in [5, 5.41) is 0. The first-order valence-corrected chi connectivity index (χ1v) is 5.95. The van der Waals surface area contributed by atoms with Crippen molar-refractivity contribution < 1.29 is 0 Å². The fourth-order valence-electron chi connectivity index (χ4n) is 2.75. The summed E-state index contributed by atoms with van der Waals surface area (Å²) in [6, 6.07) is 12.5. The van der Waals surface area contributed by atoms with E-state index in [9.17, 15) is 0 Å². The van der Waals surface area contributed by atoms with E-state index in [4.69, 9.17) is 0 Å². The molecule has 78 valence electrons. The third kappa shape index (κ3) is 1.67. The van der Waals surface area contributed by atoms with Crippen LogP contribution in [0.5, 0.6) is 0 Å². The van der Waals surface area contributed by atoms with Gasteiger partial charge in [-0.3, -0.25) is 0 Å². The van der Waals surface area contributed by atoms with Crippen LogP contribution >= 0.6 is 0 Å². The van der Waals surface area contributed by atoms with Crippen molar-refractivity contribution in [3.05, 3.63) is 42.5 Å². The zero-order chi connectivity index (χ0) is 10.1. The fourth-order valence-corrected chi connectivity index (χ4v) is 2.75. The molecule has 1 saturated heterocycles. The molecule has 1 heterocycles. The van der Waals surface area contributed by atoms with Gasteiger partial charge in [-0.25, -0.2) is 0 Å². The summed E-state index contributed by atoms with van der Waals surface area (Å²) in [4.78, 5) is 2.59. The van der Waals surface area contributed by atoms with Crippen LogP contribution in [0.2, 0.25) is 0 Å². The van der Waals surface area contributed by atoms with E-state index in [2.05, 4.69) is 47.4 Å². The van der Waals surface area contributed by atoms with E-state index in [-0.39, 0.29) is 0 Å². The highest BCUT2D eigenvalue weighted by Crippen LogP contribution is 2.41. The molecule has 0 amide bonds. The van der Waals surface area contributed by atoms with E-state index in [0.717, 1.165) is 12.1 Å². The first-order valence-electron chi connectivity index (χ1n) is 5.95. The van der Waals surface area contributed by atoms with Crippen molar-refractivity contribution in [2.24, 2.45) is 0 Å². The Kier molecular flexibility index (Phi) is 2.24. The molecule has 1 aliphatic carbocycles. The standard InChI is InChI=1S/C14H17N/c1-2-7-11-14-13(10-6-1)15(14)12-8-4-3-5-9-12/h1-5,8-9,13-14H,6-7,10-11H2/b2-1-. The quantitative estimate of drug-likeness (QED) is 0.495. The van der Waals surface area contributed by atoms with Gasteiger partial charge in [0.05, 0.1) is 12.1 Å². The molecule has 0 saturated carbocycles. The number of hydrogen-bond acceptors (Lipinski definition) is 1. The highest BCUT2D eigenvalue weighted by Gasteiger charge is 2.45. The molecule has 2 aliphatic rings. The van der Waals surface area contributed by atoms with E-state index >= 15 is 0 Å². The molecule has 0 bridgehead atoms. The molecule has 0 spiro atoms. The van der Waals surface area contributed by atoms with Crippen LogP contribution in [0.4, 0.5) is 5.69 Å². The Hall–Kier alpha value is -1.24. The van der Waals surface area contributed by atoms with Gasteiger partial charge in [0.15, 0.2) is 0 Å². The van der Waals surface area contributed by atoms with Gasteiger partial charge in [0, 0.05) is 5.69 Å². The van der Waals surface area contributed by atoms with Gasteiger partial charge in [0.1, 0.15) is 0 Å². The van der Waals surface area contributed by atoms with Gasteiger partial charge in [0.25, 0.3) is 0 Å². The topological polar surface area (TPSA) is 3.01 Å². The Morgan fingerprint density at radius 3 is 2.07 bits per heavy atom. The van der Waals surface area contributed by atoms with Crippen LogP contribution in [0.3, 0.4) is 0 Å². The Balaban J connectivity index is 1.76. The number of anilines is 1. The minimum absolute atomic E-state index is 0.817. The van der Waals surface area contributed by atoms with Gasteiger partial charge in [-0.2, -0.15) is 0 Å². The first kappa shape index (κ1) is 9.02. The van der Waals surface area contributed by atoms with Crippen LogP contribution in [0.25, 0.3) is 0 Å². The molecule has 2 unspecified atom stereocenters. The average Bonchev–Trinajstić information content (AvgIpc) is 2.91. The van der Waals surface area contributed by atoms with E-state index in [1.165, 1.54) is 31.4 Å². The fraction of sp³-hybridized carbons (Fsp3) is 0.429. The van der Waals surface area contributed by atoms with Gasteiger partial charge >= 0.3 is 0 Å². The lowest BCUT2D eigenvalue weighted by molar-refractivity contribution is 0.731. The van der Waals surface area contributed by atoms with Gasteiger partial charge in [-0.05, 0) is 37.8 Å². The predicted molar refractivity (Wildman–Crippen MR) is 64.1 cm³/mol. The van der Waals surface area contributed by atoms with Gasteiger partial charge in [0.2, 0.25) is 0 Å². The third-order valence-corrected chi connectivity index (χ3v) is 3.55. The SMILES string of the molecule is C1=C\CCC2C(CC/1)N2c1ccccc1. The smallest absolute Gasteiger partial charge is 0.0500 e. The maximum Gasteiger partial charge on any atom is 0.0500 e. The Morgan fingerprint density at radius 1 is 0.867 bits per heavy atom. The molecule has 1 nitrogen and oxygen atoms in total. The van der Waals surface area contributed by atoms with Gasteiger partial charge in [-0.1, -0.05) is 30.4 Å². The second kappa shape index (κ2) is 3.73. The second-order valence-electron chi connectivity index (χ2n) is 4.50. The van der Waals surface area contributed by atoms with E-state index < -0.39 is 0 Å². The van der Waals surface area contributed by atoms with Crippen molar-refractivity contribution >= 4 is 5.69 Å². The predicted octanol–water partition coefficient (Wildman–Crippen LogP) is 3.37. The van der Waals surface area contributed by atoms with E-state index in [0.29, 0.717) is 0 Å². The lowest BCUT2D eigenvalue weighted by Gasteiger charge is -2.04. The summed E-state index contributed by atoms with van der Waals surface area (Å²) in [5.41, 5.74) is 1.41.